The number of aromatic amines is 1. The predicted octanol–water partition coefficient (Wildman–Crippen LogP) is 3.31. The van der Waals surface area contributed by atoms with Crippen LogP contribution < -0.4 is 21.9 Å². The van der Waals surface area contributed by atoms with Crippen molar-refractivity contribution in [2.45, 2.75) is 39.3 Å². The van der Waals surface area contributed by atoms with E-state index in [1.54, 1.807) is 6.08 Å². The maximum atomic E-state index is 13.4. The summed E-state index contributed by atoms with van der Waals surface area (Å²) in [5.74, 6) is -0.536. The van der Waals surface area contributed by atoms with Crippen molar-refractivity contribution < 1.29 is 9.53 Å². The van der Waals surface area contributed by atoms with E-state index >= 15 is 0 Å². The minimum absolute atomic E-state index is 0.0228. The van der Waals surface area contributed by atoms with E-state index in [4.69, 9.17) is 10.5 Å². The van der Waals surface area contributed by atoms with Gasteiger partial charge in [0.2, 0.25) is 0 Å². The molecule has 1 aromatic heterocycles. The van der Waals surface area contributed by atoms with Crippen molar-refractivity contribution in [2.75, 3.05) is 24.4 Å². The molecule has 0 spiro atoms. The Morgan fingerprint density at radius 2 is 1.74 bits per heavy atom. The summed E-state index contributed by atoms with van der Waals surface area (Å²) in [6.45, 7) is 6.86. The summed E-state index contributed by atoms with van der Waals surface area (Å²) in [4.78, 5) is 42.1. The fourth-order valence-corrected chi connectivity index (χ4v) is 3.63. The third kappa shape index (κ3) is 6.36. The third-order valence-electron chi connectivity index (χ3n) is 5.65. The van der Waals surface area contributed by atoms with E-state index in [1.807, 2.05) is 54.6 Å². The minimum Gasteiger partial charge on any atom is -0.383 e. The maximum absolute atomic E-state index is 13.4. The van der Waals surface area contributed by atoms with Crippen LogP contribution in [-0.2, 0) is 28.0 Å². The summed E-state index contributed by atoms with van der Waals surface area (Å²) in [6.07, 6.45) is 3.09. The van der Waals surface area contributed by atoms with Crippen LogP contribution in [0.15, 0.2) is 70.3 Å². The normalized spacial score (nSPS) is 11.7. The van der Waals surface area contributed by atoms with E-state index in [-0.39, 0.29) is 36.6 Å². The molecule has 3 aromatic rings. The monoisotopic (exact) mass is 476 g/mol. The molecule has 0 aliphatic heterocycles. The molecule has 3 rings (SSSR count). The number of nitrogens with one attached hydrogen (secondary N) is 1. The summed E-state index contributed by atoms with van der Waals surface area (Å²) < 4.78 is 6.24. The molecule has 8 heteroatoms. The summed E-state index contributed by atoms with van der Waals surface area (Å²) in [6, 6.07) is 17.2. The van der Waals surface area contributed by atoms with Gasteiger partial charge in [0, 0.05) is 13.2 Å². The zero-order valence-electron chi connectivity index (χ0n) is 20.6. The van der Waals surface area contributed by atoms with Gasteiger partial charge in [-0.2, -0.15) is 0 Å². The lowest BCUT2D eigenvalue weighted by molar-refractivity contribution is -0.114. The number of nitrogen functional groups attached to an aromatic ring is 1. The van der Waals surface area contributed by atoms with E-state index in [0.29, 0.717) is 0 Å². The van der Waals surface area contributed by atoms with Crippen molar-refractivity contribution >= 4 is 23.5 Å². The number of anilines is 2. The van der Waals surface area contributed by atoms with Gasteiger partial charge in [0.15, 0.2) is 5.69 Å². The number of hydrogen-bond donors (Lipinski definition) is 2. The van der Waals surface area contributed by atoms with Crippen molar-refractivity contribution in [1.29, 1.82) is 0 Å². The average Bonchev–Trinajstić information content (AvgIpc) is 2.82. The second kappa shape index (κ2) is 11.0. The number of carbonyl (C=O) groups is 1. The van der Waals surface area contributed by atoms with Gasteiger partial charge in [0.05, 0.1) is 19.7 Å². The van der Waals surface area contributed by atoms with Crippen LogP contribution in [0, 0.1) is 0 Å². The number of benzene rings is 2. The zero-order valence-corrected chi connectivity index (χ0v) is 20.6. The number of H-pyrrole nitrogens is 1. The van der Waals surface area contributed by atoms with E-state index in [1.165, 1.54) is 28.2 Å². The fraction of sp³-hybridized carbons (Fsp3) is 0.296. The quantitative estimate of drug-likeness (QED) is 0.485. The highest BCUT2D eigenvalue weighted by molar-refractivity contribution is 6.05. The molecule has 0 radical (unpaired) electrons. The van der Waals surface area contributed by atoms with Crippen LogP contribution in [0.4, 0.5) is 11.5 Å². The molecule has 0 fully saturated rings. The summed E-state index contributed by atoms with van der Waals surface area (Å²) >= 11 is 0. The van der Waals surface area contributed by atoms with E-state index in [9.17, 15) is 14.4 Å². The number of ether oxygens (including phenoxy) is 1. The number of rotatable bonds is 8. The number of aromatic nitrogens is 2. The van der Waals surface area contributed by atoms with Crippen molar-refractivity contribution in [3.63, 3.8) is 0 Å². The highest BCUT2D eigenvalue weighted by atomic mass is 16.5. The lowest BCUT2D eigenvalue weighted by Crippen LogP contribution is -2.40. The molecule has 0 unspecified atom stereocenters. The Hall–Kier alpha value is -3.91. The summed E-state index contributed by atoms with van der Waals surface area (Å²) in [7, 11) is 1.50. The first-order valence-electron chi connectivity index (χ1n) is 11.4. The Kier molecular flexibility index (Phi) is 8.09. The summed E-state index contributed by atoms with van der Waals surface area (Å²) in [5, 5.41) is 0. The Bertz CT molecular complexity index is 1300. The van der Waals surface area contributed by atoms with Crippen LogP contribution >= 0.6 is 0 Å². The average molecular weight is 477 g/mol. The topological polar surface area (TPSA) is 110 Å². The van der Waals surface area contributed by atoms with Gasteiger partial charge in [-0.25, -0.2) is 4.79 Å². The van der Waals surface area contributed by atoms with Gasteiger partial charge in [-0.3, -0.25) is 24.0 Å². The highest BCUT2D eigenvalue weighted by Crippen LogP contribution is 2.23. The van der Waals surface area contributed by atoms with E-state index in [2.05, 4.69) is 25.8 Å². The lowest BCUT2D eigenvalue weighted by Gasteiger charge is -2.23. The Morgan fingerprint density at radius 3 is 2.34 bits per heavy atom. The fourth-order valence-electron chi connectivity index (χ4n) is 3.63. The van der Waals surface area contributed by atoms with Crippen molar-refractivity contribution in [3.05, 3.63) is 98.2 Å². The Morgan fingerprint density at radius 1 is 1.09 bits per heavy atom. The molecule has 0 aliphatic carbocycles. The van der Waals surface area contributed by atoms with Crippen LogP contribution in [0.1, 0.15) is 37.5 Å². The smallest absolute Gasteiger partial charge is 0.330 e. The first-order valence-corrected chi connectivity index (χ1v) is 11.4. The van der Waals surface area contributed by atoms with E-state index in [0.717, 1.165) is 11.1 Å². The van der Waals surface area contributed by atoms with Crippen LogP contribution in [0.5, 0.6) is 0 Å². The van der Waals surface area contributed by atoms with Crippen LogP contribution in [-0.4, -0.2) is 29.2 Å². The number of amides is 1. The Balaban J connectivity index is 2.01. The van der Waals surface area contributed by atoms with Crippen LogP contribution in [0.3, 0.4) is 0 Å². The predicted molar refractivity (Wildman–Crippen MR) is 139 cm³/mol. The van der Waals surface area contributed by atoms with Crippen LogP contribution in [0.25, 0.3) is 6.08 Å². The highest BCUT2D eigenvalue weighted by Gasteiger charge is 2.23. The number of hydrogen-bond acceptors (Lipinski definition) is 5. The van der Waals surface area contributed by atoms with Gasteiger partial charge in [-0.05, 0) is 28.2 Å². The largest absolute Gasteiger partial charge is 0.383 e. The number of nitrogens with two attached hydrogens (primary N) is 1. The number of nitrogens with zero attached hydrogens (tertiary/aromatic N) is 2. The number of methoxy groups -OCH3 is 1. The molecule has 0 bridgehead atoms. The second-order valence-electron chi connectivity index (χ2n) is 9.25. The first-order chi connectivity index (χ1) is 16.6. The molecular weight excluding hydrogens is 444 g/mol. The molecule has 0 saturated carbocycles. The molecule has 184 valence electrons. The zero-order chi connectivity index (χ0) is 25.6. The number of carbonyl (C=O) groups excluding carboxylic acids is 1. The Labute approximate surface area is 204 Å². The van der Waals surface area contributed by atoms with Gasteiger partial charge >= 0.3 is 5.69 Å². The van der Waals surface area contributed by atoms with Gasteiger partial charge in [0.1, 0.15) is 5.82 Å². The third-order valence-corrected chi connectivity index (χ3v) is 5.65. The van der Waals surface area contributed by atoms with Crippen LogP contribution in [0.2, 0.25) is 0 Å². The molecule has 0 saturated heterocycles. The molecule has 8 nitrogen and oxygen atoms in total. The molecule has 0 atom stereocenters. The SMILES string of the molecule is COCCn1c(N)c(N(Cc2ccccc2)C(=O)C=Cc2ccc(C(C)(C)C)cc2)c(=O)[nH]c1=O. The van der Waals surface area contributed by atoms with Gasteiger partial charge < -0.3 is 10.5 Å². The van der Waals surface area contributed by atoms with Gasteiger partial charge in [-0.1, -0.05) is 75.4 Å². The maximum Gasteiger partial charge on any atom is 0.330 e. The molecule has 2 aromatic carbocycles. The standard InChI is InChI=1S/C27H32N4O4/c1-27(2,3)21-13-10-19(11-14-21)12-15-22(32)31(18-20-8-6-5-7-9-20)23-24(28)30(16-17-35-4)26(34)29-25(23)33/h5-15H,16-18,28H2,1-4H3,(H,29,33,34). The van der Waals surface area contributed by atoms with Crippen molar-refractivity contribution in [2.24, 2.45) is 0 Å². The summed E-state index contributed by atoms with van der Waals surface area (Å²) in [5.41, 5.74) is 7.64. The molecule has 1 amide bonds. The molecule has 1 heterocycles. The minimum atomic E-state index is -0.728. The first kappa shape index (κ1) is 25.7. The van der Waals surface area contributed by atoms with Crippen molar-refractivity contribution in [1.82, 2.24) is 9.55 Å². The molecule has 0 aliphatic rings. The van der Waals surface area contributed by atoms with Gasteiger partial charge in [-0.15, -0.1) is 0 Å². The van der Waals surface area contributed by atoms with E-state index < -0.39 is 17.2 Å². The lowest BCUT2D eigenvalue weighted by atomic mass is 9.87. The molecule has 3 N–H and O–H groups in total. The molecular formula is C27H32N4O4. The molecule has 35 heavy (non-hydrogen) atoms. The van der Waals surface area contributed by atoms with Gasteiger partial charge in [0.25, 0.3) is 11.5 Å². The van der Waals surface area contributed by atoms with Crippen molar-refractivity contribution in [3.8, 4) is 0 Å². The second-order valence-corrected chi connectivity index (χ2v) is 9.25.